The highest BCUT2D eigenvalue weighted by molar-refractivity contribution is 5.10. The maximum absolute atomic E-state index is 9.98. The van der Waals surface area contributed by atoms with Crippen LogP contribution in [0, 0.1) is 17.3 Å². The summed E-state index contributed by atoms with van der Waals surface area (Å²) in [5, 5.41) is 9.98. The third-order valence-corrected chi connectivity index (χ3v) is 2.61. The van der Waals surface area contributed by atoms with Crippen LogP contribution in [-0.2, 0) is 0 Å². The zero-order valence-electron chi connectivity index (χ0n) is 10.8. The molecule has 1 aromatic heterocycles. The van der Waals surface area contributed by atoms with Crippen molar-refractivity contribution in [2.45, 2.75) is 46.1 Å². The lowest BCUT2D eigenvalue weighted by atomic mass is 9.86. The first kappa shape index (κ1) is 13.7. The number of hydrogen-bond acceptors (Lipinski definition) is 3. The summed E-state index contributed by atoms with van der Waals surface area (Å²) in [6, 6.07) is 0. The summed E-state index contributed by atoms with van der Waals surface area (Å²) in [7, 11) is 0. The van der Waals surface area contributed by atoms with Crippen LogP contribution >= 0.6 is 0 Å². The van der Waals surface area contributed by atoms with Gasteiger partial charge in [-0.3, -0.25) is 0 Å². The third-order valence-electron chi connectivity index (χ3n) is 2.61. The first-order valence-corrected chi connectivity index (χ1v) is 5.98. The van der Waals surface area contributed by atoms with Crippen molar-refractivity contribution in [2.24, 2.45) is 5.41 Å². The van der Waals surface area contributed by atoms with Crippen LogP contribution in [0.25, 0.3) is 0 Å². The molecule has 0 aromatic carbocycles. The molecular formula is C14H20N2O. The number of nitrogens with zero attached hydrogens (tertiary/aromatic N) is 2. The molecule has 1 heterocycles. The van der Waals surface area contributed by atoms with E-state index in [1.165, 1.54) is 6.33 Å². The van der Waals surface area contributed by atoms with Gasteiger partial charge < -0.3 is 5.11 Å². The Hall–Kier alpha value is -1.40. The average Bonchev–Trinajstić information content (AvgIpc) is 2.35. The van der Waals surface area contributed by atoms with Crippen molar-refractivity contribution < 1.29 is 5.11 Å². The van der Waals surface area contributed by atoms with Crippen LogP contribution < -0.4 is 0 Å². The number of hydrogen-bond donors (Lipinski definition) is 1. The average molecular weight is 232 g/mol. The summed E-state index contributed by atoms with van der Waals surface area (Å²) < 4.78 is 0. The minimum atomic E-state index is -0.501. The molecule has 1 aromatic rings. The molecule has 1 N–H and O–H groups in total. The molecule has 1 unspecified atom stereocenters. The van der Waals surface area contributed by atoms with Crippen molar-refractivity contribution in [3.05, 3.63) is 24.3 Å². The fourth-order valence-corrected chi connectivity index (χ4v) is 1.54. The Morgan fingerprint density at radius 3 is 2.59 bits per heavy atom. The van der Waals surface area contributed by atoms with E-state index in [0.717, 1.165) is 18.4 Å². The second kappa shape index (κ2) is 6.36. The van der Waals surface area contributed by atoms with Crippen LogP contribution in [0.5, 0.6) is 0 Å². The highest BCUT2D eigenvalue weighted by atomic mass is 16.3. The molecule has 0 aliphatic carbocycles. The molecule has 0 aliphatic heterocycles. The second-order valence-electron chi connectivity index (χ2n) is 4.77. The molecule has 0 saturated heterocycles. The summed E-state index contributed by atoms with van der Waals surface area (Å²) in [5.74, 6) is 6.32. The number of aliphatic hydroxyl groups is 1. The molecular weight excluding hydrogens is 212 g/mol. The van der Waals surface area contributed by atoms with Crippen molar-refractivity contribution in [3.8, 4) is 11.8 Å². The standard InChI is InChI=1S/C14H20N2O/c1-4-5-7-14(2,3)8-6-13(17)12-9-15-11-16-10-12/h9-11,13,17H,4,6,8H2,1-3H3. The van der Waals surface area contributed by atoms with E-state index in [4.69, 9.17) is 0 Å². The highest BCUT2D eigenvalue weighted by Crippen LogP contribution is 2.26. The van der Waals surface area contributed by atoms with Gasteiger partial charge in [0.15, 0.2) is 0 Å². The van der Waals surface area contributed by atoms with E-state index in [0.29, 0.717) is 6.42 Å². The minimum absolute atomic E-state index is 0.0490. The van der Waals surface area contributed by atoms with Crippen molar-refractivity contribution in [1.82, 2.24) is 9.97 Å². The van der Waals surface area contributed by atoms with Gasteiger partial charge in [0.1, 0.15) is 6.33 Å². The molecule has 0 spiro atoms. The predicted molar refractivity (Wildman–Crippen MR) is 68.1 cm³/mol. The van der Waals surface area contributed by atoms with Gasteiger partial charge in [-0.05, 0) is 26.7 Å². The summed E-state index contributed by atoms with van der Waals surface area (Å²) in [6.07, 6.45) is 6.68. The van der Waals surface area contributed by atoms with E-state index >= 15 is 0 Å². The van der Waals surface area contributed by atoms with E-state index in [2.05, 4.69) is 35.7 Å². The number of rotatable bonds is 4. The van der Waals surface area contributed by atoms with Crippen molar-refractivity contribution in [3.63, 3.8) is 0 Å². The number of aliphatic hydroxyl groups excluding tert-OH is 1. The summed E-state index contributed by atoms with van der Waals surface area (Å²) in [4.78, 5) is 7.80. The van der Waals surface area contributed by atoms with Crippen molar-refractivity contribution in [1.29, 1.82) is 0 Å². The largest absolute Gasteiger partial charge is 0.388 e. The van der Waals surface area contributed by atoms with Crippen LogP contribution in [0.4, 0.5) is 0 Å². The lowest BCUT2D eigenvalue weighted by molar-refractivity contribution is 0.152. The van der Waals surface area contributed by atoms with Gasteiger partial charge in [-0.1, -0.05) is 12.8 Å². The van der Waals surface area contributed by atoms with Crippen LogP contribution in [0.1, 0.15) is 51.7 Å². The van der Waals surface area contributed by atoms with Crippen LogP contribution in [0.3, 0.4) is 0 Å². The lowest BCUT2D eigenvalue weighted by Crippen LogP contribution is -2.11. The van der Waals surface area contributed by atoms with Gasteiger partial charge in [0, 0.05) is 29.8 Å². The van der Waals surface area contributed by atoms with Gasteiger partial charge in [-0.15, -0.1) is 5.92 Å². The Morgan fingerprint density at radius 1 is 1.35 bits per heavy atom. The van der Waals surface area contributed by atoms with Crippen molar-refractivity contribution in [2.75, 3.05) is 0 Å². The fraction of sp³-hybridized carbons (Fsp3) is 0.571. The van der Waals surface area contributed by atoms with E-state index in [1.54, 1.807) is 12.4 Å². The maximum Gasteiger partial charge on any atom is 0.115 e. The minimum Gasteiger partial charge on any atom is -0.388 e. The van der Waals surface area contributed by atoms with Crippen LogP contribution in [0.15, 0.2) is 18.7 Å². The summed E-state index contributed by atoms with van der Waals surface area (Å²) in [5.41, 5.74) is 0.721. The third kappa shape index (κ3) is 4.97. The zero-order valence-corrected chi connectivity index (χ0v) is 10.8. The van der Waals surface area contributed by atoms with Gasteiger partial charge >= 0.3 is 0 Å². The Labute approximate surface area is 103 Å². The molecule has 3 nitrogen and oxygen atoms in total. The Kier molecular flexibility index (Phi) is 5.11. The van der Waals surface area contributed by atoms with E-state index in [9.17, 15) is 5.11 Å². The first-order chi connectivity index (χ1) is 8.05. The smallest absolute Gasteiger partial charge is 0.115 e. The van der Waals surface area contributed by atoms with Crippen LogP contribution in [0.2, 0.25) is 0 Å². The molecule has 0 fully saturated rings. The van der Waals surface area contributed by atoms with E-state index < -0.39 is 6.10 Å². The van der Waals surface area contributed by atoms with Gasteiger partial charge in [0.2, 0.25) is 0 Å². The van der Waals surface area contributed by atoms with Gasteiger partial charge in [0.05, 0.1) is 6.10 Å². The Bertz CT molecular complexity index is 390. The predicted octanol–water partition coefficient (Wildman–Crippen LogP) is 2.73. The summed E-state index contributed by atoms with van der Waals surface area (Å²) >= 11 is 0. The SMILES string of the molecule is CCC#CC(C)(C)CCC(O)c1cncnc1. The lowest BCUT2D eigenvalue weighted by Gasteiger charge is -2.19. The highest BCUT2D eigenvalue weighted by Gasteiger charge is 2.17. The second-order valence-corrected chi connectivity index (χ2v) is 4.77. The first-order valence-electron chi connectivity index (χ1n) is 5.98. The molecule has 0 amide bonds. The summed E-state index contributed by atoms with van der Waals surface area (Å²) in [6.45, 7) is 6.24. The van der Waals surface area contributed by atoms with Gasteiger partial charge in [-0.2, -0.15) is 0 Å². The monoisotopic (exact) mass is 232 g/mol. The molecule has 92 valence electrons. The molecule has 1 rings (SSSR count). The van der Waals surface area contributed by atoms with Crippen molar-refractivity contribution >= 4 is 0 Å². The molecule has 0 radical (unpaired) electrons. The fourth-order valence-electron chi connectivity index (χ4n) is 1.54. The van der Waals surface area contributed by atoms with E-state index in [-0.39, 0.29) is 5.41 Å². The maximum atomic E-state index is 9.98. The topological polar surface area (TPSA) is 46.0 Å². The normalized spacial score (nSPS) is 12.7. The molecule has 0 aliphatic rings. The van der Waals surface area contributed by atoms with Crippen LogP contribution in [-0.4, -0.2) is 15.1 Å². The molecule has 0 bridgehead atoms. The van der Waals surface area contributed by atoms with E-state index in [1.807, 2.05) is 6.92 Å². The van der Waals surface area contributed by atoms with Gasteiger partial charge in [0.25, 0.3) is 0 Å². The Morgan fingerprint density at radius 2 is 2.00 bits per heavy atom. The zero-order chi connectivity index (χ0) is 12.7. The molecule has 3 heteroatoms. The number of aromatic nitrogens is 2. The Balaban J connectivity index is 2.51. The van der Waals surface area contributed by atoms with Gasteiger partial charge in [-0.25, -0.2) is 9.97 Å². The molecule has 1 atom stereocenters. The quantitative estimate of drug-likeness (QED) is 0.812. The molecule has 17 heavy (non-hydrogen) atoms. The molecule has 0 saturated carbocycles.